The van der Waals surface area contributed by atoms with Crippen LogP contribution in [-0.4, -0.2) is 38.9 Å². The number of aromatic nitrogens is 2. The Bertz CT molecular complexity index is 1270. The lowest BCUT2D eigenvalue weighted by Crippen LogP contribution is -2.45. The van der Waals surface area contributed by atoms with E-state index in [4.69, 9.17) is 0 Å². The van der Waals surface area contributed by atoms with E-state index in [0.717, 1.165) is 18.9 Å². The van der Waals surface area contributed by atoms with E-state index in [1.165, 1.54) is 39.5 Å². The molecule has 1 fully saturated rings. The summed E-state index contributed by atoms with van der Waals surface area (Å²) in [5.74, 6) is -1.66. The summed E-state index contributed by atoms with van der Waals surface area (Å²) in [4.78, 5) is 26.2. The Morgan fingerprint density at radius 3 is 2.56 bits per heavy atom. The number of halogens is 3. The third-order valence-electron chi connectivity index (χ3n) is 6.07. The van der Waals surface area contributed by atoms with E-state index >= 15 is 4.39 Å². The third kappa shape index (κ3) is 4.54. The molecule has 2 atom stereocenters. The van der Waals surface area contributed by atoms with Crippen LogP contribution < -0.4 is 15.7 Å². The molecule has 34 heavy (non-hydrogen) atoms. The minimum absolute atomic E-state index is 0.146. The van der Waals surface area contributed by atoms with Crippen molar-refractivity contribution >= 4 is 16.9 Å². The molecule has 3 aromatic rings. The van der Waals surface area contributed by atoms with Crippen LogP contribution in [0.15, 0.2) is 41.2 Å². The van der Waals surface area contributed by atoms with Gasteiger partial charge in [0.2, 0.25) is 0 Å². The van der Waals surface area contributed by atoms with E-state index in [9.17, 15) is 23.5 Å². The standard InChI is InChI=1S/C24H26F3N3O4/c1-13(2)29-19-11-16(22(32)28-18-8-3-4-9-21(18)31)17(25)12-20(19)30(24(29)33)14-6-5-7-15(10-14)34-23(26)27/h5-7,10-13,18,21,23,31H,3-4,8-9H2,1-2H3,(H,28,32)/t18-,21-/m0/s1. The number of hydrogen-bond acceptors (Lipinski definition) is 4. The number of carbonyl (C=O) groups is 1. The minimum Gasteiger partial charge on any atom is -0.435 e. The van der Waals surface area contributed by atoms with Crippen molar-refractivity contribution in [3.63, 3.8) is 0 Å². The fourth-order valence-corrected chi connectivity index (χ4v) is 4.48. The molecule has 1 saturated carbocycles. The van der Waals surface area contributed by atoms with Gasteiger partial charge >= 0.3 is 12.3 Å². The molecule has 0 aliphatic heterocycles. The Morgan fingerprint density at radius 2 is 1.88 bits per heavy atom. The number of rotatable bonds is 6. The van der Waals surface area contributed by atoms with Gasteiger partial charge in [-0.05, 0) is 44.9 Å². The van der Waals surface area contributed by atoms with E-state index in [1.807, 2.05) is 0 Å². The van der Waals surface area contributed by atoms with E-state index < -0.39 is 36.2 Å². The largest absolute Gasteiger partial charge is 0.435 e. The lowest BCUT2D eigenvalue weighted by molar-refractivity contribution is -0.0498. The van der Waals surface area contributed by atoms with Gasteiger partial charge in [-0.1, -0.05) is 18.9 Å². The van der Waals surface area contributed by atoms with Crippen molar-refractivity contribution in [3.05, 3.63) is 58.3 Å². The highest BCUT2D eigenvalue weighted by Gasteiger charge is 2.27. The molecular weight excluding hydrogens is 451 g/mol. The summed E-state index contributed by atoms with van der Waals surface area (Å²) in [7, 11) is 0. The Labute approximate surface area is 193 Å². The van der Waals surface area contributed by atoms with E-state index in [1.54, 1.807) is 13.8 Å². The van der Waals surface area contributed by atoms with Gasteiger partial charge in [0.1, 0.15) is 11.6 Å². The van der Waals surface area contributed by atoms with Gasteiger partial charge in [-0.3, -0.25) is 13.9 Å². The van der Waals surface area contributed by atoms with Crippen molar-refractivity contribution in [2.24, 2.45) is 0 Å². The van der Waals surface area contributed by atoms with Gasteiger partial charge in [-0.25, -0.2) is 9.18 Å². The first kappa shape index (κ1) is 23.9. The highest BCUT2D eigenvalue weighted by atomic mass is 19.3. The van der Waals surface area contributed by atoms with Crippen LogP contribution in [0.3, 0.4) is 0 Å². The van der Waals surface area contributed by atoms with Gasteiger partial charge in [0, 0.05) is 18.2 Å². The predicted molar refractivity (Wildman–Crippen MR) is 120 cm³/mol. The molecule has 1 heterocycles. The molecule has 1 amide bonds. The summed E-state index contributed by atoms with van der Waals surface area (Å²) in [6, 6.07) is 7.16. The number of benzene rings is 2. The zero-order chi connectivity index (χ0) is 24.6. The first-order chi connectivity index (χ1) is 16.2. The summed E-state index contributed by atoms with van der Waals surface area (Å²) >= 11 is 0. The molecular formula is C24H26F3N3O4. The average molecular weight is 477 g/mol. The van der Waals surface area contributed by atoms with Crippen LogP contribution in [0.5, 0.6) is 5.75 Å². The molecule has 2 N–H and O–H groups in total. The number of hydrogen-bond donors (Lipinski definition) is 2. The molecule has 0 bridgehead atoms. The van der Waals surface area contributed by atoms with Crippen molar-refractivity contribution < 1.29 is 27.8 Å². The van der Waals surface area contributed by atoms with Gasteiger partial charge in [-0.2, -0.15) is 8.78 Å². The fraction of sp³-hybridized carbons (Fsp3) is 0.417. The molecule has 0 unspecified atom stereocenters. The summed E-state index contributed by atoms with van der Waals surface area (Å²) in [5, 5.41) is 12.9. The molecule has 0 saturated heterocycles. The first-order valence-electron chi connectivity index (χ1n) is 11.2. The quantitative estimate of drug-likeness (QED) is 0.559. The molecule has 0 spiro atoms. The smallest absolute Gasteiger partial charge is 0.387 e. The molecule has 1 aromatic heterocycles. The molecule has 10 heteroatoms. The molecule has 2 aromatic carbocycles. The zero-order valence-corrected chi connectivity index (χ0v) is 18.8. The van der Waals surface area contributed by atoms with Crippen LogP contribution in [-0.2, 0) is 0 Å². The fourth-order valence-electron chi connectivity index (χ4n) is 4.48. The first-order valence-corrected chi connectivity index (χ1v) is 11.2. The van der Waals surface area contributed by atoms with Crippen molar-refractivity contribution in [2.45, 2.75) is 64.3 Å². The van der Waals surface area contributed by atoms with E-state index in [0.29, 0.717) is 18.4 Å². The topological polar surface area (TPSA) is 85.5 Å². The van der Waals surface area contributed by atoms with Gasteiger partial charge in [0.15, 0.2) is 0 Å². The molecule has 7 nitrogen and oxygen atoms in total. The predicted octanol–water partition coefficient (Wildman–Crippen LogP) is 4.15. The second kappa shape index (κ2) is 9.54. The maximum atomic E-state index is 15.1. The summed E-state index contributed by atoms with van der Waals surface area (Å²) in [6.07, 6.45) is 2.19. The minimum atomic E-state index is -3.04. The molecule has 1 aliphatic carbocycles. The number of nitrogens with zero attached hydrogens (tertiary/aromatic N) is 2. The van der Waals surface area contributed by atoms with Gasteiger partial charge in [0.25, 0.3) is 5.91 Å². The van der Waals surface area contributed by atoms with Crippen LogP contribution in [0.4, 0.5) is 13.2 Å². The van der Waals surface area contributed by atoms with Crippen LogP contribution in [0.25, 0.3) is 16.7 Å². The van der Waals surface area contributed by atoms with Crippen LogP contribution in [0.2, 0.25) is 0 Å². The van der Waals surface area contributed by atoms with Crippen molar-refractivity contribution in [2.75, 3.05) is 0 Å². The number of ether oxygens (including phenoxy) is 1. The van der Waals surface area contributed by atoms with Crippen LogP contribution >= 0.6 is 0 Å². The van der Waals surface area contributed by atoms with Crippen LogP contribution in [0.1, 0.15) is 55.9 Å². The van der Waals surface area contributed by atoms with E-state index in [-0.39, 0.29) is 28.6 Å². The normalized spacial score (nSPS) is 18.6. The lowest BCUT2D eigenvalue weighted by Gasteiger charge is -2.28. The Balaban J connectivity index is 1.81. The van der Waals surface area contributed by atoms with Gasteiger partial charge in [-0.15, -0.1) is 0 Å². The average Bonchev–Trinajstić information content (AvgIpc) is 3.05. The van der Waals surface area contributed by atoms with E-state index in [2.05, 4.69) is 10.1 Å². The summed E-state index contributed by atoms with van der Waals surface area (Å²) < 4.78 is 47.5. The Kier molecular flexibility index (Phi) is 6.70. The highest BCUT2D eigenvalue weighted by molar-refractivity contribution is 5.98. The number of aliphatic hydroxyl groups excluding tert-OH is 1. The number of carbonyl (C=O) groups excluding carboxylic acids is 1. The number of amides is 1. The number of nitrogens with one attached hydrogen (secondary N) is 1. The summed E-state index contributed by atoms with van der Waals surface area (Å²) in [5.41, 5.74) is -0.0458. The Morgan fingerprint density at radius 1 is 1.15 bits per heavy atom. The molecule has 4 rings (SSSR count). The molecule has 0 radical (unpaired) electrons. The number of alkyl halides is 2. The third-order valence-corrected chi connectivity index (χ3v) is 6.07. The number of imidazole rings is 1. The van der Waals surface area contributed by atoms with Crippen LogP contribution in [0, 0.1) is 5.82 Å². The highest BCUT2D eigenvalue weighted by Crippen LogP contribution is 2.27. The van der Waals surface area contributed by atoms with Gasteiger partial charge < -0.3 is 15.2 Å². The van der Waals surface area contributed by atoms with Crippen molar-refractivity contribution in [1.82, 2.24) is 14.5 Å². The second-order valence-electron chi connectivity index (χ2n) is 8.71. The number of fused-ring (bicyclic) bond motifs is 1. The van der Waals surface area contributed by atoms with Crippen molar-refractivity contribution in [3.8, 4) is 11.4 Å². The Hall–Kier alpha value is -3.27. The molecule has 1 aliphatic rings. The SMILES string of the molecule is CC(C)n1c(=O)n(-c2cccc(OC(F)F)c2)c2cc(F)c(C(=O)N[C@H]3CCCC[C@@H]3O)cc21. The van der Waals surface area contributed by atoms with Crippen molar-refractivity contribution in [1.29, 1.82) is 0 Å². The van der Waals surface area contributed by atoms with Gasteiger partial charge in [0.05, 0.1) is 34.4 Å². The maximum Gasteiger partial charge on any atom is 0.387 e. The zero-order valence-electron chi connectivity index (χ0n) is 18.8. The maximum absolute atomic E-state index is 15.1. The summed E-state index contributed by atoms with van der Waals surface area (Å²) in [6.45, 7) is 0.497. The second-order valence-corrected chi connectivity index (χ2v) is 8.71. The number of aliphatic hydroxyl groups is 1. The lowest BCUT2D eigenvalue weighted by atomic mass is 9.92. The monoisotopic (exact) mass is 477 g/mol. The molecule has 182 valence electrons.